The van der Waals surface area contributed by atoms with Crippen LogP contribution in [0.3, 0.4) is 0 Å². The number of rotatable bonds is 7. The van der Waals surface area contributed by atoms with E-state index in [0.29, 0.717) is 24.3 Å². The van der Waals surface area contributed by atoms with Crippen LogP contribution in [-0.2, 0) is 4.79 Å². The van der Waals surface area contributed by atoms with Gasteiger partial charge in [0.05, 0.1) is 36.4 Å². The Balaban J connectivity index is 0.00000304. The topological polar surface area (TPSA) is 86.7 Å². The average molecular weight is 508 g/mol. The second kappa shape index (κ2) is 11.1. The summed E-state index contributed by atoms with van der Waals surface area (Å²) in [5.41, 5.74) is 4.54. The van der Waals surface area contributed by atoms with Gasteiger partial charge in [0, 0.05) is 44.0 Å². The minimum atomic E-state index is 0. The molecule has 0 spiro atoms. The maximum absolute atomic E-state index is 12.0. The van der Waals surface area contributed by atoms with E-state index in [9.17, 15) is 4.79 Å². The molecule has 190 valence electrons. The van der Waals surface area contributed by atoms with E-state index in [-0.39, 0.29) is 19.4 Å². The predicted octanol–water partition coefficient (Wildman–Crippen LogP) is 3.67. The first-order chi connectivity index (χ1) is 17.0. The zero-order chi connectivity index (χ0) is 24.4. The van der Waals surface area contributed by atoms with Crippen molar-refractivity contribution < 1.29 is 9.53 Å². The molecule has 9 nitrogen and oxygen atoms in total. The smallest absolute Gasteiger partial charge is 0.230 e. The van der Waals surface area contributed by atoms with E-state index >= 15 is 0 Å². The van der Waals surface area contributed by atoms with Crippen LogP contribution in [0, 0.1) is 0 Å². The number of ether oxygens (including phenoxy) is 1. The normalized spacial score (nSPS) is 17.4. The molecule has 0 saturated carbocycles. The molecule has 10 heteroatoms. The van der Waals surface area contributed by atoms with Crippen LogP contribution < -0.4 is 19.9 Å². The molecule has 0 unspecified atom stereocenters. The summed E-state index contributed by atoms with van der Waals surface area (Å²) in [4.78, 5) is 32.0. The lowest BCUT2D eigenvalue weighted by molar-refractivity contribution is -0.117. The Morgan fingerprint density at radius 1 is 1.08 bits per heavy atom. The van der Waals surface area contributed by atoms with Crippen molar-refractivity contribution in [1.29, 1.82) is 0 Å². The number of nitrogens with one attached hydrogen (secondary N) is 1. The molecule has 5 rings (SSSR count). The summed E-state index contributed by atoms with van der Waals surface area (Å²) < 4.78 is 5.58. The Morgan fingerprint density at radius 2 is 1.89 bits per heavy atom. The maximum Gasteiger partial charge on any atom is 0.230 e. The first-order valence-corrected chi connectivity index (χ1v) is 12.0. The molecule has 1 atom stereocenters. The van der Waals surface area contributed by atoms with Crippen LogP contribution in [0.5, 0.6) is 5.88 Å². The number of anilines is 4. The number of pyridine rings is 1. The molecule has 1 amide bonds. The van der Waals surface area contributed by atoms with Crippen LogP contribution in [-0.4, -0.2) is 72.6 Å². The van der Waals surface area contributed by atoms with Gasteiger partial charge in [0.25, 0.3) is 0 Å². The maximum atomic E-state index is 12.0. The van der Waals surface area contributed by atoms with E-state index < -0.39 is 0 Å². The van der Waals surface area contributed by atoms with Gasteiger partial charge < -0.3 is 24.8 Å². The third-order valence-electron chi connectivity index (χ3n) is 6.75. The Morgan fingerprint density at radius 3 is 2.56 bits per heavy atom. The fourth-order valence-corrected chi connectivity index (χ4v) is 4.72. The van der Waals surface area contributed by atoms with Crippen LogP contribution in [0.4, 0.5) is 23.0 Å². The molecule has 2 aliphatic rings. The molecule has 2 fully saturated rings. The first kappa shape index (κ1) is 25.7. The third kappa shape index (κ3) is 5.39. The molecule has 36 heavy (non-hydrogen) atoms. The number of aromatic nitrogens is 3. The van der Waals surface area contributed by atoms with Gasteiger partial charge in [0.15, 0.2) is 0 Å². The van der Waals surface area contributed by atoms with Crippen molar-refractivity contribution in [2.75, 3.05) is 56.0 Å². The summed E-state index contributed by atoms with van der Waals surface area (Å²) in [5.74, 6) is 1.09. The molecule has 2 aliphatic heterocycles. The van der Waals surface area contributed by atoms with Gasteiger partial charge in [-0.3, -0.25) is 9.78 Å². The molecule has 2 aromatic heterocycles. The molecule has 0 radical (unpaired) electrons. The first-order valence-electron chi connectivity index (χ1n) is 12.0. The highest BCUT2D eigenvalue weighted by Gasteiger charge is 2.25. The molecule has 1 N–H and O–H groups in total. The summed E-state index contributed by atoms with van der Waals surface area (Å²) in [6.45, 7) is 2.77. The Labute approximate surface area is 219 Å². The van der Waals surface area contributed by atoms with Crippen LogP contribution in [0.1, 0.15) is 19.3 Å². The fourth-order valence-electron chi connectivity index (χ4n) is 4.72. The van der Waals surface area contributed by atoms with Crippen molar-refractivity contribution in [2.24, 2.45) is 0 Å². The summed E-state index contributed by atoms with van der Waals surface area (Å²) in [6, 6.07) is 10.5. The molecule has 3 aromatic rings. The second-order valence-electron chi connectivity index (χ2n) is 9.22. The summed E-state index contributed by atoms with van der Waals surface area (Å²) >= 11 is 0. The molecule has 0 aliphatic carbocycles. The minimum Gasteiger partial charge on any atom is -0.480 e. The summed E-state index contributed by atoms with van der Waals surface area (Å²) in [5, 5.41) is 3.26. The van der Waals surface area contributed by atoms with E-state index in [4.69, 9.17) is 4.74 Å². The molecule has 1 aromatic carbocycles. The van der Waals surface area contributed by atoms with Crippen molar-refractivity contribution >= 4 is 42.4 Å². The van der Waals surface area contributed by atoms with E-state index in [0.717, 1.165) is 60.7 Å². The highest BCUT2D eigenvalue weighted by atomic mass is 32.1. The van der Waals surface area contributed by atoms with Crippen LogP contribution in [0.2, 0.25) is 0 Å². The molecule has 2 saturated heterocycles. The lowest BCUT2D eigenvalue weighted by Gasteiger charge is -2.22. The van der Waals surface area contributed by atoms with Crippen LogP contribution in [0.25, 0.3) is 11.1 Å². The number of benzene rings is 1. The highest BCUT2D eigenvalue weighted by Crippen LogP contribution is 2.32. The quantitative estimate of drug-likeness (QED) is 0.518. The zero-order valence-electron chi connectivity index (χ0n) is 20.9. The number of amides is 1. The van der Waals surface area contributed by atoms with E-state index in [1.54, 1.807) is 19.5 Å². The second-order valence-corrected chi connectivity index (χ2v) is 9.22. The van der Waals surface area contributed by atoms with Crippen molar-refractivity contribution in [1.82, 2.24) is 19.9 Å². The van der Waals surface area contributed by atoms with Crippen molar-refractivity contribution in [3.8, 4) is 17.0 Å². The highest BCUT2D eigenvalue weighted by molar-refractivity contribution is 7.59. The fraction of sp³-hybridized carbons (Fsp3) is 0.385. The standard InChI is InChI=1S/C26H31N7O2.H2S/c1-31(2)21-10-12-32(17-21)22-13-19(14-27-15-22)29-26-28-16-23(25(30-26)35-3)18-6-8-20(9-7-18)33-11-4-5-24(33)34;/h6-9,13-16,21H,4-5,10-12,17H2,1-3H3,(H,28,29,30);1H2/t21-;/m0./s1. The number of hydrogen-bond acceptors (Lipinski definition) is 8. The van der Waals surface area contributed by atoms with Gasteiger partial charge in [-0.25, -0.2) is 4.98 Å². The molecule has 4 heterocycles. The monoisotopic (exact) mass is 507 g/mol. The van der Waals surface area contributed by atoms with Crippen LogP contribution >= 0.6 is 13.5 Å². The van der Waals surface area contributed by atoms with Gasteiger partial charge in [0.2, 0.25) is 17.7 Å². The summed E-state index contributed by atoms with van der Waals surface area (Å²) in [7, 11) is 5.85. The number of carbonyl (C=O) groups is 1. The van der Waals surface area contributed by atoms with Gasteiger partial charge in [-0.2, -0.15) is 18.5 Å². The lowest BCUT2D eigenvalue weighted by atomic mass is 10.1. The van der Waals surface area contributed by atoms with Gasteiger partial charge in [-0.15, -0.1) is 0 Å². The van der Waals surface area contributed by atoms with Crippen molar-refractivity contribution in [3.63, 3.8) is 0 Å². The zero-order valence-corrected chi connectivity index (χ0v) is 21.9. The number of methoxy groups -OCH3 is 1. The van der Waals surface area contributed by atoms with Gasteiger partial charge in [0.1, 0.15) is 0 Å². The molecular weight excluding hydrogens is 474 g/mol. The number of nitrogens with zero attached hydrogens (tertiary/aromatic N) is 6. The number of carbonyl (C=O) groups excluding carboxylic acids is 1. The van der Waals surface area contributed by atoms with Gasteiger partial charge in [-0.05, 0) is 50.7 Å². The number of likely N-dealkylation sites (N-methyl/N-ethyl adjacent to an activating group) is 1. The lowest BCUT2D eigenvalue weighted by Crippen LogP contribution is -2.31. The van der Waals surface area contributed by atoms with Gasteiger partial charge >= 0.3 is 0 Å². The average Bonchev–Trinajstić information content (AvgIpc) is 3.54. The predicted molar refractivity (Wildman–Crippen MR) is 148 cm³/mol. The van der Waals surface area contributed by atoms with Crippen molar-refractivity contribution in [3.05, 3.63) is 48.9 Å². The minimum absolute atomic E-state index is 0. The SMILES string of the molecule is COc1nc(Nc2cncc(N3CC[C@H](N(C)C)C3)c2)ncc1-c1ccc(N2CCCC2=O)cc1.S. The summed E-state index contributed by atoms with van der Waals surface area (Å²) in [6.07, 6.45) is 8.08. The Bertz CT molecular complexity index is 1210. The van der Waals surface area contributed by atoms with E-state index in [1.165, 1.54) is 0 Å². The van der Waals surface area contributed by atoms with Crippen LogP contribution in [0.15, 0.2) is 48.9 Å². The Hall–Kier alpha value is -3.37. The Kier molecular flexibility index (Phi) is 7.95. The van der Waals surface area contributed by atoms with Gasteiger partial charge in [-0.1, -0.05) is 12.1 Å². The largest absolute Gasteiger partial charge is 0.480 e. The van der Waals surface area contributed by atoms with Crippen molar-refractivity contribution in [2.45, 2.75) is 25.3 Å². The molecular formula is C26H33N7O2S. The number of hydrogen-bond donors (Lipinski definition) is 1. The third-order valence-corrected chi connectivity index (χ3v) is 6.75. The van der Waals surface area contributed by atoms with E-state index in [2.05, 4.69) is 50.2 Å². The molecule has 0 bridgehead atoms. The van der Waals surface area contributed by atoms with E-state index in [1.807, 2.05) is 35.4 Å².